The van der Waals surface area contributed by atoms with Crippen LogP contribution in [0.3, 0.4) is 0 Å². The van der Waals surface area contributed by atoms with Crippen molar-refractivity contribution in [2.24, 2.45) is 11.8 Å². The summed E-state index contributed by atoms with van der Waals surface area (Å²) in [5.74, 6) is 0.984. The van der Waals surface area contributed by atoms with Crippen molar-refractivity contribution in [2.75, 3.05) is 13.6 Å². The van der Waals surface area contributed by atoms with Crippen molar-refractivity contribution < 1.29 is 4.39 Å². The van der Waals surface area contributed by atoms with Gasteiger partial charge in [-0.15, -0.1) is 0 Å². The minimum absolute atomic E-state index is 0.350. The molecule has 17 heavy (non-hydrogen) atoms. The van der Waals surface area contributed by atoms with Crippen LogP contribution in [-0.2, 0) is 6.54 Å². The Morgan fingerprint density at radius 2 is 2.12 bits per heavy atom. The molecule has 96 valence electrons. The van der Waals surface area contributed by atoms with Crippen molar-refractivity contribution in [1.29, 1.82) is 0 Å². The molecule has 3 heteroatoms. The zero-order valence-electron chi connectivity index (χ0n) is 11.3. The monoisotopic (exact) mass is 238 g/mol. The zero-order chi connectivity index (χ0) is 12.8. The molecule has 0 saturated heterocycles. The second kappa shape index (κ2) is 6.70. The Labute approximate surface area is 104 Å². The van der Waals surface area contributed by atoms with Crippen molar-refractivity contribution in [3.8, 4) is 0 Å². The SMILES string of the molecule is CC[C@H](CN(C)Cc1cccnc1F)C(C)C. The summed E-state index contributed by atoms with van der Waals surface area (Å²) >= 11 is 0. The van der Waals surface area contributed by atoms with E-state index in [1.165, 1.54) is 6.20 Å². The summed E-state index contributed by atoms with van der Waals surface area (Å²) in [5.41, 5.74) is 0.675. The molecule has 1 rings (SSSR count). The Hall–Kier alpha value is -0.960. The number of rotatable bonds is 6. The smallest absolute Gasteiger partial charge is 0.217 e. The highest BCUT2D eigenvalue weighted by Gasteiger charge is 2.14. The molecule has 1 atom stereocenters. The van der Waals surface area contributed by atoms with Gasteiger partial charge in [-0.1, -0.05) is 33.3 Å². The first-order valence-electron chi connectivity index (χ1n) is 6.32. The molecular weight excluding hydrogens is 215 g/mol. The summed E-state index contributed by atoms with van der Waals surface area (Å²) in [4.78, 5) is 5.85. The van der Waals surface area contributed by atoms with Gasteiger partial charge in [0, 0.05) is 24.8 Å². The fraction of sp³-hybridized carbons (Fsp3) is 0.643. The second-order valence-electron chi connectivity index (χ2n) is 5.06. The van der Waals surface area contributed by atoms with Crippen LogP contribution >= 0.6 is 0 Å². The lowest BCUT2D eigenvalue weighted by Crippen LogP contribution is -2.28. The molecule has 0 aliphatic rings. The van der Waals surface area contributed by atoms with Crippen LogP contribution in [-0.4, -0.2) is 23.5 Å². The second-order valence-corrected chi connectivity index (χ2v) is 5.06. The predicted octanol–water partition coefficient (Wildman–Crippen LogP) is 3.33. The molecule has 0 N–H and O–H groups in total. The van der Waals surface area contributed by atoms with Gasteiger partial charge in [0.15, 0.2) is 0 Å². The Balaban J connectivity index is 2.55. The van der Waals surface area contributed by atoms with E-state index in [9.17, 15) is 4.39 Å². The van der Waals surface area contributed by atoms with E-state index in [0.717, 1.165) is 13.0 Å². The number of hydrogen-bond donors (Lipinski definition) is 0. The normalized spacial score (nSPS) is 13.4. The Morgan fingerprint density at radius 3 is 2.65 bits per heavy atom. The summed E-state index contributed by atoms with van der Waals surface area (Å²) in [5, 5.41) is 0. The maximum Gasteiger partial charge on any atom is 0.217 e. The Morgan fingerprint density at radius 1 is 1.41 bits per heavy atom. The molecule has 1 aromatic rings. The minimum atomic E-state index is -0.350. The molecule has 2 nitrogen and oxygen atoms in total. The molecule has 0 radical (unpaired) electrons. The van der Waals surface area contributed by atoms with E-state index in [2.05, 4.69) is 30.7 Å². The largest absolute Gasteiger partial charge is 0.302 e. The molecule has 0 amide bonds. The van der Waals surface area contributed by atoms with Crippen molar-refractivity contribution in [3.05, 3.63) is 29.8 Å². The van der Waals surface area contributed by atoms with Crippen LogP contribution in [0.25, 0.3) is 0 Å². The molecule has 0 bridgehead atoms. The van der Waals surface area contributed by atoms with Gasteiger partial charge < -0.3 is 4.90 Å². The number of aromatic nitrogens is 1. The fourth-order valence-electron chi connectivity index (χ4n) is 2.10. The summed E-state index contributed by atoms with van der Waals surface area (Å²) in [6.45, 7) is 8.33. The number of nitrogens with zero attached hydrogens (tertiary/aromatic N) is 2. The first-order chi connectivity index (χ1) is 8.04. The fourth-order valence-corrected chi connectivity index (χ4v) is 2.10. The van der Waals surface area contributed by atoms with E-state index in [1.807, 2.05) is 7.05 Å². The van der Waals surface area contributed by atoms with Crippen LogP contribution in [0.15, 0.2) is 18.3 Å². The summed E-state index contributed by atoms with van der Waals surface area (Å²) < 4.78 is 13.4. The lowest BCUT2D eigenvalue weighted by Gasteiger charge is -2.25. The summed E-state index contributed by atoms with van der Waals surface area (Å²) in [7, 11) is 2.04. The molecule has 0 aliphatic carbocycles. The topological polar surface area (TPSA) is 16.1 Å². The molecule has 0 spiro atoms. The number of hydrogen-bond acceptors (Lipinski definition) is 2. The number of pyridine rings is 1. The van der Waals surface area contributed by atoms with Gasteiger partial charge in [0.1, 0.15) is 0 Å². The summed E-state index contributed by atoms with van der Waals surface area (Å²) in [6, 6.07) is 3.58. The van der Waals surface area contributed by atoms with Gasteiger partial charge >= 0.3 is 0 Å². The van der Waals surface area contributed by atoms with Crippen LogP contribution in [0.1, 0.15) is 32.8 Å². The molecular formula is C14H23FN2. The average Bonchev–Trinajstić information content (AvgIpc) is 2.28. The first kappa shape index (κ1) is 14.1. The van der Waals surface area contributed by atoms with E-state index >= 15 is 0 Å². The highest BCUT2D eigenvalue weighted by atomic mass is 19.1. The highest BCUT2D eigenvalue weighted by molar-refractivity contribution is 5.10. The van der Waals surface area contributed by atoms with Gasteiger partial charge in [0.2, 0.25) is 5.95 Å². The summed E-state index contributed by atoms with van der Waals surface area (Å²) in [6.07, 6.45) is 2.65. The van der Waals surface area contributed by atoms with Crippen molar-refractivity contribution in [2.45, 2.75) is 33.7 Å². The van der Waals surface area contributed by atoms with Crippen LogP contribution < -0.4 is 0 Å². The van der Waals surface area contributed by atoms with E-state index in [-0.39, 0.29) is 5.95 Å². The Kier molecular flexibility index (Phi) is 5.56. The quantitative estimate of drug-likeness (QED) is 0.707. The molecule has 0 fully saturated rings. The van der Waals surface area contributed by atoms with Crippen LogP contribution in [0, 0.1) is 17.8 Å². The van der Waals surface area contributed by atoms with Crippen LogP contribution in [0.2, 0.25) is 0 Å². The highest BCUT2D eigenvalue weighted by Crippen LogP contribution is 2.17. The van der Waals surface area contributed by atoms with Crippen molar-refractivity contribution in [1.82, 2.24) is 9.88 Å². The standard InChI is InChI=1S/C14H23FN2/c1-5-12(11(2)3)9-17(4)10-13-7-6-8-16-14(13)15/h6-8,11-12H,5,9-10H2,1-4H3/t12-/m1/s1. The lowest BCUT2D eigenvalue weighted by atomic mass is 9.93. The maximum atomic E-state index is 13.4. The van der Waals surface area contributed by atoms with Gasteiger partial charge in [-0.05, 0) is 24.9 Å². The van der Waals surface area contributed by atoms with E-state index < -0.39 is 0 Å². The van der Waals surface area contributed by atoms with Gasteiger partial charge in [-0.2, -0.15) is 4.39 Å². The Bertz CT molecular complexity index is 339. The molecule has 0 unspecified atom stereocenters. The number of halogens is 1. The van der Waals surface area contributed by atoms with E-state index in [0.29, 0.717) is 23.9 Å². The van der Waals surface area contributed by atoms with Crippen LogP contribution in [0.5, 0.6) is 0 Å². The lowest BCUT2D eigenvalue weighted by molar-refractivity contribution is 0.222. The van der Waals surface area contributed by atoms with Gasteiger partial charge in [-0.3, -0.25) is 0 Å². The zero-order valence-corrected chi connectivity index (χ0v) is 11.3. The minimum Gasteiger partial charge on any atom is -0.302 e. The van der Waals surface area contributed by atoms with Gasteiger partial charge in [0.05, 0.1) is 0 Å². The predicted molar refractivity (Wildman–Crippen MR) is 69.1 cm³/mol. The van der Waals surface area contributed by atoms with Crippen molar-refractivity contribution >= 4 is 0 Å². The van der Waals surface area contributed by atoms with E-state index in [1.54, 1.807) is 12.1 Å². The first-order valence-corrected chi connectivity index (χ1v) is 6.32. The van der Waals surface area contributed by atoms with Crippen LogP contribution in [0.4, 0.5) is 4.39 Å². The third kappa shape index (κ3) is 4.43. The van der Waals surface area contributed by atoms with Gasteiger partial charge in [0.25, 0.3) is 0 Å². The average molecular weight is 238 g/mol. The van der Waals surface area contributed by atoms with E-state index in [4.69, 9.17) is 0 Å². The molecule has 1 aromatic heterocycles. The molecule has 0 aromatic carbocycles. The van der Waals surface area contributed by atoms with Gasteiger partial charge in [-0.25, -0.2) is 4.98 Å². The molecule has 1 heterocycles. The third-order valence-electron chi connectivity index (χ3n) is 3.29. The third-order valence-corrected chi connectivity index (χ3v) is 3.29. The maximum absolute atomic E-state index is 13.4. The molecule has 0 aliphatic heterocycles. The van der Waals surface area contributed by atoms with Crippen molar-refractivity contribution in [3.63, 3.8) is 0 Å². The molecule has 0 saturated carbocycles.